The van der Waals surface area contributed by atoms with Crippen LogP contribution in [0, 0.1) is 18.8 Å². The molecule has 1 fully saturated rings. The number of hydrogen-bond acceptors (Lipinski definition) is 7. The fourth-order valence-corrected chi connectivity index (χ4v) is 5.79. The number of Topliss-reactive ketones (excluding diaryl/α,β-unsaturated/α-hetero) is 1. The summed E-state index contributed by atoms with van der Waals surface area (Å²) >= 11 is 0. The van der Waals surface area contributed by atoms with E-state index in [4.69, 9.17) is 14.7 Å². The molecule has 33 heavy (non-hydrogen) atoms. The highest BCUT2D eigenvalue weighted by atomic mass is 16.5. The number of aryl methyl sites for hydroxylation is 1. The fraction of sp³-hybridized carbons (Fsp3) is 0.346. The molecule has 1 N–H and O–H groups in total. The van der Waals surface area contributed by atoms with Crippen LogP contribution in [-0.2, 0) is 16.6 Å². The third-order valence-electron chi connectivity index (χ3n) is 7.28. The number of carbonyl (C=O) groups excluding carboxylic acids is 1. The molecule has 3 aromatic rings. The molecule has 2 aliphatic carbocycles. The zero-order chi connectivity index (χ0) is 23.2. The topological polar surface area (TPSA) is 98.1 Å². The lowest BCUT2D eigenvalue weighted by molar-refractivity contribution is -0.123. The minimum atomic E-state index is -0.570. The standard InChI is InChI=1S/C26H26N4O3/c1-15-22-9-8-21-23(18-11-27-14-28-12-18)29-16(2)30-25(21)26(22,10-17(13-31)24(15)32)19-4-6-20(33-3)7-5-19/h4-7,11-15,22,31H,8-10H2,1-3H3/t15-,22-,26+/m0/s1. The van der Waals surface area contributed by atoms with Gasteiger partial charge < -0.3 is 9.84 Å². The van der Waals surface area contributed by atoms with Gasteiger partial charge >= 0.3 is 0 Å². The molecule has 0 bridgehead atoms. The van der Waals surface area contributed by atoms with Crippen molar-refractivity contribution in [1.29, 1.82) is 0 Å². The number of ether oxygens (including phenoxy) is 1. The molecule has 2 aromatic heterocycles. The summed E-state index contributed by atoms with van der Waals surface area (Å²) in [6, 6.07) is 8.00. The first kappa shape index (κ1) is 21.2. The first-order valence-electron chi connectivity index (χ1n) is 11.1. The van der Waals surface area contributed by atoms with Crippen molar-refractivity contribution in [2.24, 2.45) is 11.8 Å². The number of ketones is 1. The summed E-state index contributed by atoms with van der Waals surface area (Å²) in [7, 11) is 1.64. The number of hydrogen-bond donors (Lipinski definition) is 1. The number of allylic oxidation sites excluding steroid dienone is 1. The Kier molecular flexibility index (Phi) is 5.19. The van der Waals surface area contributed by atoms with Crippen molar-refractivity contribution in [3.05, 3.63) is 77.5 Å². The summed E-state index contributed by atoms with van der Waals surface area (Å²) in [4.78, 5) is 31.2. The van der Waals surface area contributed by atoms with Crippen LogP contribution in [-0.4, -0.2) is 37.9 Å². The molecule has 1 aromatic carbocycles. The van der Waals surface area contributed by atoms with Crippen LogP contribution < -0.4 is 4.74 Å². The molecule has 3 atom stereocenters. The second-order valence-electron chi connectivity index (χ2n) is 8.90. The molecule has 7 nitrogen and oxygen atoms in total. The number of nitrogens with zero attached hydrogens (tertiary/aromatic N) is 4. The van der Waals surface area contributed by atoms with Crippen molar-refractivity contribution in [2.75, 3.05) is 7.11 Å². The van der Waals surface area contributed by atoms with Gasteiger partial charge in [0, 0.05) is 40.4 Å². The summed E-state index contributed by atoms with van der Waals surface area (Å²) in [5.74, 6) is 1.23. The van der Waals surface area contributed by atoms with Gasteiger partial charge in [0.15, 0.2) is 5.78 Å². The molecule has 1 saturated carbocycles. The van der Waals surface area contributed by atoms with Crippen LogP contribution in [0.15, 0.2) is 54.8 Å². The lowest BCUT2D eigenvalue weighted by Gasteiger charge is -2.51. The summed E-state index contributed by atoms with van der Waals surface area (Å²) in [6.45, 7) is 3.86. The Balaban J connectivity index is 1.82. The molecular formula is C26H26N4O3. The summed E-state index contributed by atoms with van der Waals surface area (Å²) < 4.78 is 5.39. The number of carbonyl (C=O) groups is 1. The third kappa shape index (κ3) is 3.22. The summed E-state index contributed by atoms with van der Waals surface area (Å²) in [5, 5.41) is 10.00. The monoisotopic (exact) mass is 442 g/mol. The van der Waals surface area contributed by atoms with Gasteiger partial charge in [-0.25, -0.2) is 19.9 Å². The average molecular weight is 443 g/mol. The Hall–Kier alpha value is -3.61. The maximum Gasteiger partial charge on any atom is 0.165 e. The zero-order valence-corrected chi connectivity index (χ0v) is 18.9. The lowest BCUT2D eigenvalue weighted by Crippen LogP contribution is -2.51. The molecule has 0 amide bonds. The van der Waals surface area contributed by atoms with E-state index >= 15 is 0 Å². The van der Waals surface area contributed by atoms with E-state index in [1.54, 1.807) is 19.5 Å². The van der Waals surface area contributed by atoms with Gasteiger partial charge in [0.05, 0.1) is 24.8 Å². The predicted octanol–water partition coefficient (Wildman–Crippen LogP) is 4.15. The molecule has 2 heterocycles. The van der Waals surface area contributed by atoms with E-state index in [9.17, 15) is 9.90 Å². The van der Waals surface area contributed by atoms with Gasteiger partial charge in [-0.1, -0.05) is 19.1 Å². The van der Waals surface area contributed by atoms with Gasteiger partial charge in [-0.05, 0) is 49.8 Å². The normalized spacial score (nSPS) is 25.4. The average Bonchev–Trinajstić information content (AvgIpc) is 2.86. The van der Waals surface area contributed by atoms with Crippen LogP contribution in [0.1, 0.15) is 42.4 Å². The van der Waals surface area contributed by atoms with Crippen molar-refractivity contribution < 1.29 is 14.6 Å². The van der Waals surface area contributed by atoms with Crippen molar-refractivity contribution in [2.45, 2.75) is 38.5 Å². The Morgan fingerprint density at radius 3 is 2.55 bits per heavy atom. The molecule has 7 heteroatoms. The van der Waals surface area contributed by atoms with Gasteiger partial charge in [-0.2, -0.15) is 0 Å². The van der Waals surface area contributed by atoms with E-state index in [0.717, 1.165) is 52.9 Å². The van der Waals surface area contributed by atoms with Crippen molar-refractivity contribution >= 4 is 5.78 Å². The highest BCUT2D eigenvalue weighted by Gasteiger charge is 2.55. The molecule has 5 rings (SSSR count). The largest absolute Gasteiger partial charge is 0.515 e. The highest BCUT2D eigenvalue weighted by molar-refractivity contribution is 5.98. The Labute approximate surface area is 192 Å². The number of methoxy groups -OCH3 is 1. The minimum Gasteiger partial charge on any atom is -0.515 e. The molecule has 0 unspecified atom stereocenters. The number of aliphatic hydroxyl groups excluding tert-OH is 1. The third-order valence-corrected chi connectivity index (χ3v) is 7.28. The second-order valence-corrected chi connectivity index (χ2v) is 8.90. The van der Waals surface area contributed by atoms with Crippen LogP contribution in [0.25, 0.3) is 11.3 Å². The Morgan fingerprint density at radius 2 is 1.88 bits per heavy atom. The van der Waals surface area contributed by atoms with Crippen LogP contribution in [0.5, 0.6) is 5.75 Å². The molecule has 0 spiro atoms. The first-order chi connectivity index (χ1) is 16.0. The Bertz CT molecular complexity index is 1240. The van der Waals surface area contributed by atoms with E-state index < -0.39 is 5.41 Å². The van der Waals surface area contributed by atoms with Crippen molar-refractivity contribution in [3.8, 4) is 17.0 Å². The summed E-state index contributed by atoms with van der Waals surface area (Å²) in [6.07, 6.45) is 7.99. The van der Waals surface area contributed by atoms with Crippen molar-refractivity contribution in [1.82, 2.24) is 19.9 Å². The van der Waals surface area contributed by atoms with E-state index in [1.807, 2.05) is 26.0 Å². The number of aromatic nitrogens is 4. The molecule has 0 radical (unpaired) electrons. The number of aliphatic hydroxyl groups is 1. The minimum absolute atomic E-state index is 0.0116. The maximum absolute atomic E-state index is 13.1. The molecule has 0 saturated heterocycles. The van der Waals surface area contributed by atoms with Crippen LogP contribution in [0.2, 0.25) is 0 Å². The van der Waals surface area contributed by atoms with E-state index in [1.165, 1.54) is 6.33 Å². The van der Waals surface area contributed by atoms with Gasteiger partial charge in [0.25, 0.3) is 0 Å². The lowest BCUT2D eigenvalue weighted by atomic mass is 9.52. The SMILES string of the molecule is COc1ccc([C@]23CC(=CO)C(=O)[C@@H](C)[C@@H]2CCc2c(-c4cncnc4)nc(C)nc23)cc1. The smallest absolute Gasteiger partial charge is 0.165 e. The maximum atomic E-state index is 13.1. The van der Waals surface area contributed by atoms with E-state index in [0.29, 0.717) is 17.8 Å². The van der Waals surface area contributed by atoms with Gasteiger partial charge in [-0.15, -0.1) is 0 Å². The zero-order valence-electron chi connectivity index (χ0n) is 18.9. The fourth-order valence-electron chi connectivity index (χ4n) is 5.79. The predicted molar refractivity (Wildman–Crippen MR) is 123 cm³/mol. The number of fused-ring (bicyclic) bond motifs is 3. The van der Waals surface area contributed by atoms with Crippen LogP contribution in [0.4, 0.5) is 0 Å². The molecular weight excluding hydrogens is 416 g/mol. The van der Waals surface area contributed by atoms with Gasteiger partial charge in [0.2, 0.25) is 0 Å². The van der Waals surface area contributed by atoms with E-state index in [-0.39, 0.29) is 17.6 Å². The summed E-state index contributed by atoms with van der Waals surface area (Å²) in [5.41, 5.74) is 4.59. The van der Waals surface area contributed by atoms with Gasteiger partial charge in [0.1, 0.15) is 17.9 Å². The molecule has 0 aliphatic heterocycles. The van der Waals surface area contributed by atoms with Crippen molar-refractivity contribution in [3.63, 3.8) is 0 Å². The van der Waals surface area contributed by atoms with Crippen LogP contribution in [0.3, 0.4) is 0 Å². The van der Waals surface area contributed by atoms with E-state index in [2.05, 4.69) is 22.1 Å². The highest BCUT2D eigenvalue weighted by Crippen LogP contribution is 2.56. The number of rotatable bonds is 3. The Morgan fingerprint density at radius 1 is 1.15 bits per heavy atom. The quantitative estimate of drug-likeness (QED) is 0.481. The van der Waals surface area contributed by atoms with Gasteiger partial charge in [-0.3, -0.25) is 4.79 Å². The second kappa shape index (κ2) is 8.06. The molecule has 2 aliphatic rings. The van der Waals surface area contributed by atoms with Crippen LogP contribution >= 0.6 is 0 Å². The number of benzene rings is 1. The molecule has 168 valence electrons. The first-order valence-corrected chi connectivity index (χ1v) is 11.1.